The van der Waals surface area contributed by atoms with Crippen molar-refractivity contribution in [3.8, 4) is 11.5 Å². The second kappa shape index (κ2) is 7.31. The number of hydrogen-bond acceptors (Lipinski definition) is 5. The SMILES string of the molecule is O=C(c1cccc(C(F)(F)F)c1Cl)N1C2COCC1c1nnc(-c3ccccn3)n1C2. The Morgan fingerprint density at radius 3 is 2.71 bits per heavy atom. The molecule has 160 valence electrons. The summed E-state index contributed by atoms with van der Waals surface area (Å²) in [5.41, 5.74) is -0.605. The van der Waals surface area contributed by atoms with Gasteiger partial charge in [-0.15, -0.1) is 10.2 Å². The fourth-order valence-corrected chi connectivity index (χ4v) is 4.38. The van der Waals surface area contributed by atoms with Crippen molar-refractivity contribution in [1.29, 1.82) is 0 Å². The molecule has 2 aliphatic rings. The molecular formula is C20H15ClF3N5O2. The average molecular weight is 450 g/mol. The van der Waals surface area contributed by atoms with E-state index in [4.69, 9.17) is 16.3 Å². The summed E-state index contributed by atoms with van der Waals surface area (Å²) >= 11 is 6.01. The van der Waals surface area contributed by atoms with Crippen molar-refractivity contribution in [3.05, 3.63) is 64.6 Å². The minimum atomic E-state index is -4.66. The fraction of sp³-hybridized carbons (Fsp3) is 0.300. The maximum absolute atomic E-state index is 13.3. The van der Waals surface area contributed by atoms with Gasteiger partial charge in [-0.2, -0.15) is 13.2 Å². The molecule has 2 aliphatic heterocycles. The van der Waals surface area contributed by atoms with Gasteiger partial charge in [-0.05, 0) is 24.3 Å². The molecule has 1 aromatic carbocycles. The van der Waals surface area contributed by atoms with Crippen LogP contribution in [0.5, 0.6) is 0 Å². The summed E-state index contributed by atoms with van der Waals surface area (Å²) in [4.78, 5) is 19.2. The number of alkyl halides is 3. The third kappa shape index (κ3) is 3.26. The molecule has 0 radical (unpaired) electrons. The number of morpholine rings is 1. The van der Waals surface area contributed by atoms with E-state index in [0.29, 0.717) is 23.9 Å². The highest BCUT2D eigenvalue weighted by Gasteiger charge is 2.45. The van der Waals surface area contributed by atoms with Crippen LogP contribution in [0.1, 0.15) is 27.8 Å². The molecule has 4 heterocycles. The Morgan fingerprint density at radius 1 is 1.13 bits per heavy atom. The van der Waals surface area contributed by atoms with E-state index in [0.717, 1.165) is 6.07 Å². The number of benzene rings is 1. The van der Waals surface area contributed by atoms with Crippen LogP contribution in [0.25, 0.3) is 11.5 Å². The predicted octanol–water partition coefficient (Wildman–Crippen LogP) is 3.61. The lowest BCUT2D eigenvalue weighted by Gasteiger charge is -2.45. The molecule has 7 nitrogen and oxygen atoms in total. The molecule has 2 unspecified atom stereocenters. The zero-order valence-corrected chi connectivity index (χ0v) is 16.6. The van der Waals surface area contributed by atoms with Crippen LogP contribution in [0.15, 0.2) is 42.6 Å². The molecule has 1 fully saturated rings. The highest BCUT2D eigenvalue weighted by Crippen LogP contribution is 2.39. The molecule has 31 heavy (non-hydrogen) atoms. The van der Waals surface area contributed by atoms with E-state index in [9.17, 15) is 18.0 Å². The van der Waals surface area contributed by atoms with Crippen LogP contribution >= 0.6 is 11.6 Å². The van der Waals surface area contributed by atoms with E-state index in [1.165, 1.54) is 17.0 Å². The van der Waals surface area contributed by atoms with Gasteiger partial charge in [-0.25, -0.2) is 0 Å². The second-order valence-electron chi connectivity index (χ2n) is 7.29. The molecule has 11 heteroatoms. The van der Waals surface area contributed by atoms with E-state index in [1.807, 2.05) is 16.7 Å². The molecule has 0 N–H and O–H groups in total. The smallest absolute Gasteiger partial charge is 0.377 e. The third-order valence-corrected chi connectivity index (χ3v) is 5.86. The van der Waals surface area contributed by atoms with Crippen LogP contribution in [0.2, 0.25) is 5.02 Å². The number of ether oxygens (including phenoxy) is 1. The van der Waals surface area contributed by atoms with Gasteiger partial charge in [-0.1, -0.05) is 23.7 Å². The number of nitrogens with zero attached hydrogens (tertiary/aromatic N) is 5. The lowest BCUT2D eigenvalue weighted by molar-refractivity contribution is -0.137. The Morgan fingerprint density at radius 2 is 1.97 bits per heavy atom. The molecular weight excluding hydrogens is 435 g/mol. The number of rotatable bonds is 2. The first-order valence-corrected chi connectivity index (χ1v) is 9.84. The molecule has 2 bridgehead atoms. The Bertz CT molecular complexity index is 1150. The first-order chi connectivity index (χ1) is 14.9. The van der Waals surface area contributed by atoms with Gasteiger partial charge in [0.25, 0.3) is 5.91 Å². The number of carbonyl (C=O) groups excluding carboxylic acids is 1. The summed E-state index contributed by atoms with van der Waals surface area (Å²) in [6.07, 6.45) is -3.01. The van der Waals surface area contributed by atoms with Crippen LogP contribution in [0, 0.1) is 0 Å². The Balaban J connectivity index is 1.55. The highest BCUT2D eigenvalue weighted by atomic mass is 35.5. The van der Waals surface area contributed by atoms with E-state index >= 15 is 0 Å². The number of pyridine rings is 1. The number of amides is 1. The lowest BCUT2D eigenvalue weighted by Crippen LogP contribution is -2.56. The minimum absolute atomic E-state index is 0.152. The average Bonchev–Trinajstić information content (AvgIpc) is 3.16. The normalized spacial score (nSPS) is 20.5. The van der Waals surface area contributed by atoms with Gasteiger partial charge < -0.3 is 14.2 Å². The number of carbonyl (C=O) groups is 1. The standard InChI is InChI=1S/C20H15ClF3N5O2/c21-16-12(4-3-5-13(16)20(22,23)24)19(30)29-11-8-28-17(14-6-1-2-7-25-14)26-27-18(28)15(29)10-31-9-11/h1-7,11,15H,8-10H2. The Hall–Kier alpha value is -2.98. The first-order valence-electron chi connectivity index (χ1n) is 9.47. The first kappa shape index (κ1) is 20.0. The zero-order chi connectivity index (χ0) is 21.8. The summed E-state index contributed by atoms with van der Waals surface area (Å²) in [6.45, 7) is 0.713. The maximum atomic E-state index is 13.3. The van der Waals surface area contributed by atoms with Gasteiger partial charge >= 0.3 is 6.18 Å². The summed E-state index contributed by atoms with van der Waals surface area (Å²) in [5, 5.41) is 7.88. The lowest BCUT2D eigenvalue weighted by atomic mass is 10.0. The van der Waals surface area contributed by atoms with E-state index < -0.39 is 34.8 Å². The number of fused-ring (bicyclic) bond motifs is 4. The molecule has 0 aliphatic carbocycles. The Labute approximate surface area is 179 Å². The molecule has 2 aromatic heterocycles. The molecule has 5 rings (SSSR count). The zero-order valence-electron chi connectivity index (χ0n) is 15.9. The van der Waals surface area contributed by atoms with Crippen molar-refractivity contribution < 1.29 is 22.7 Å². The largest absolute Gasteiger partial charge is 0.417 e. The summed E-state index contributed by atoms with van der Waals surface area (Å²) in [7, 11) is 0. The fourth-order valence-electron chi connectivity index (χ4n) is 4.07. The maximum Gasteiger partial charge on any atom is 0.417 e. The highest BCUT2D eigenvalue weighted by molar-refractivity contribution is 6.34. The number of aromatic nitrogens is 4. The molecule has 3 aromatic rings. The van der Waals surface area contributed by atoms with E-state index in [-0.39, 0.29) is 18.8 Å². The minimum Gasteiger partial charge on any atom is -0.377 e. The number of hydrogen-bond donors (Lipinski definition) is 0. The quantitative estimate of drug-likeness (QED) is 0.597. The van der Waals surface area contributed by atoms with Crippen molar-refractivity contribution in [2.24, 2.45) is 0 Å². The van der Waals surface area contributed by atoms with Crippen molar-refractivity contribution in [2.45, 2.75) is 24.8 Å². The molecule has 2 atom stereocenters. The van der Waals surface area contributed by atoms with Gasteiger partial charge in [0.2, 0.25) is 0 Å². The molecule has 0 saturated carbocycles. The van der Waals surface area contributed by atoms with E-state index in [1.54, 1.807) is 12.3 Å². The van der Waals surface area contributed by atoms with Gasteiger partial charge in [0.1, 0.15) is 11.7 Å². The van der Waals surface area contributed by atoms with Crippen LogP contribution in [0.3, 0.4) is 0 Å². The Kier molecular flexibility index (Phi) is 4.71. The molecule has 0 spiro atoms. The van der Waals surface area contributed by atoms with Gasteiger partial charge in [0.15, 0.2) is 11.6 Å². The van der Waals surface area contributed by atoms with Crippen LogP contribution in [0.4, 0.5) is 13.2 Å². The van der Waals surface area contributed by atoms with Crippen molar-refractivity contribution >= 4 is 17.5 Å². The number of halogens is 4. The second-order valence-corrected chi connectivity index (χ2v) is 7.67. The van der Waals surface area contributed by atoms with Crippen molar-refractivity contribution in [1.82, 2.24) is 24.6 Å². The van der Waals surface area contributed by atoms with Crippen LogP contribution in [-0.2, 0) is 17.5 Å². The van der Waals surface area contributed by atoms with Crippen LogP contribution in [-0.4, -0.2) is 49.8 Å². The molecule has 1 saturated heterocycles. The van der Waals surface area contributed by atoms with Crippen LogP contribution < -0.4 is 0 Å². The van der Waals surface area contributed by atoms with Gasteiger partial charge in [0.05, 0.1) is 35.4 Å². The molecule has 1 amide bonds. The summed E-state index contributed by atoms with van der Waals surface area (Å²) in [5.74, 6) is 0.466. The summed E-state index contributed by atoms with van der Waals surface area (Å²) < 4.78 is 47.3. The van der Waals surface area contributed by atoms with Crippen molar-refractivity contribution in [2.75, 3.05) is 13.2 Å². The predicted molar refractivity (Wildman–Crippen MR) is 103 cm³/mol. The third-order valence-electron chi connectivity index (χ3n) is 5.45. The van der Waals surface area contributed by atoms with E-state index in [2.05, 4.69) is 15.2 Å². The topological polar surface area (TPSA) is 73.1 Å². The van der Waals surface area contributed by atoms with Crippen molar-refractivity contribution in [3.63, 3.8) is 0 Å². The van der Waals surface area contributed by atoms with Gasteiger partial charge in [0, 0.05) is 12.7 Å². The monoisotopic (exact) mass is 449 g/mol. The van der Waals surface area contributed by atoms with Gasteiger partial charge in [-0.3, -0.25) is 9.78 Å². The summed E-state index contributed by atoms with van der Waals surface area (Å²) in [6, 6.07) is 7.76.